The fourth-order valence-corrected chi connectivity index (χ4v) is 1.90. The maximum absolute atomic E-state index is 11.7. The van der Waals surface area contributed by atoms with E-state index in [1.54, 1.807) is 4.90 Å². The number of rotatable bonds is 3. The van der Waals surface area contributed by atoms with Crippen LogP contribution in [-0.2, 0) is 9.59 Å². The van der Waals surface area contributed by atoms with Gasteiger partial charge in [0, 0.05) is 18.7 Å². The lowest BCUT2D eigenvalue weighted by atomic mass is 10.1. The number of nitrogens with zero attached hydrogens (tertiary/aromatic N) is 1. The number of hydrogen-bond acceptors (Lipinski definition) is 3. The first-order valence-electron chi connectivity index (χ1n) is 5.47. The van der Waals surface area contributed by atoms with Crippen LogP contribution in [0.1, 0.15) is 25.7 Å². The molecule has 1 saturated heterocycles. The van der Waals surface area contributed by atoms with E-state index in [2.05, 4.69) is 0 Å². The second-order valence-corrected chi connectivity index (χ2v) is 3.89. The molecule has 1 rings (SSSR count). The third kappa shape index (κ3) is 3.66. The Morgan fingerprint density at radius 2 is 2.00 bits per heavy atom. The Hall–Kier alpha value is -1.36. The Labute approximate surface area is 94.4 Å². The standard InChI is InChI=1S/C11H17NO4/c13-8-9-4-2-1-3-7-12(9)10(14)5-6-11(15)16/h5-6,9,13H,1-4,7-8H2,(H,15,16)/b6-5+. The van der Waals surface area contributed by atoms with Gasteiger partial charge in [-0.15, -0.1) is 0 Å². The summed E-state index contributed by atoms with van der Waals surface area (Å²) >= 11 is 0. The third-order valence-electron chi connectivity index (χ3n) is 2.74. The molecule has 0 aromatic rings. The number of amides is 1. The number of carbonyl (C=O) groups is 2. The van der Waals surface area contributed by atoms with Gasteiger partial charge in [-0.25, -0.2) is 4.79 Å². The first-order chi connectivity index (χ1) is 7.65. The Bertz CT molecular complexity index is 288. The van der Waals surface area contributed by atoms with E-state index in [1.807, 2.05) is 0 Å². The highest BCUT2D eigenvalue weighted by Gasteiger charge is 2.23. The van der Waals surface area contributed by atoms with Crippen molar-refractivity contribution < 1.29 is 19.8 Å². The molecule has 2 N–H and O–H groups in total. The number of likely N-dealkylation sites (tertiary alicyclic amines) is 1. The van der Waals surface area contributed by atoms with Gasteiger partial charge in [0.15, 0.2) is 0 Å². The van der Waals surface area contributed by atoms with Gasteiger partial charge in [-0.3, -0.25) is 4.79 Å². The maximum atomic E-state index is 11.7. The molecule has 0 saturated carbocycles. The highest BCUT2D eigenvalue weighted by atomic mass is 16.4. The molecular formula is C11H17NO4. The van der Waals surface area contributed by atoms with Crippen LogP contribution >= 0.6 is 0 Å². The molecule has 1 atom stereocenters. The summed E-state index contributed by atoms with van der Waals surface area (Å²) in [4.78, 5) is 23.5. The molecule has 5 heteroatoms. The average Bonchev–Trinajstić information content (AvgIpc) is 2.50. The van der Waals surface area contributed by atoms with E-state index in [-0.39, 0.29) is 18.6 Å². The first kappa shape index (κ1) is 12.7. The minimum absolute atomic E-state index is 0.0628. The van der Waals surface area contributed by atoms with Crippen LogP contribution in [0.25, 0.3) is 0 Å². The number of carboxylic acids is 1. The van der Waals surface area contributed by atoms with Gasteiger partial charge in [-0.05, 0) is 12.8 Å². The second-order valence-electron chi connectivity index (χ2n) is 3.89. The normalized spacial score (nSPS) is 22.1. The summed E-state index contributed by atoms with van der Waals surface area (Å²) in [5.74, 6) is -1.47. The summed E-state index contributed by atoms with van der Waals surface area (Å²) < 4.78 is 0. The van der Waals surface area contributed by atoms with Crippen molar-refractivity contribution in [1.29, 1.82) is 0 Å². The van der Waals surface area contributed by atoms with Gasteiger partial charge in [0.2, 0.25) is 5.91 Å². The summed E-state index contributed by atoms with van der Waals surface area (Å²) in [6.45, 7) is 0.528. The zero-order valence-corrected chi connectivity index (χ0v) is 9.13. The molecule has 0 radical (unpaired) electrons. The monoisotopic (exact) mass is 227 g/mol. The predicted octanol–water partition coefficient (Wildman–Crippen LogP) is 0.391. The minimum Gasteiger partial charge on any atom is -0.478 e. The van der Waals surface area contributed by atoms with E-state index in [0.717, 1.165) is 37.8 Å². The molecule has 0 aromatic heterocycles. The Kier molecular flexibility index (Phi) is 4.98. The van der Waals surface area contributed by atoms with Crippen LogP contribution in [0.4, 0.5) is 0 Å². The molecule has 1 aliphatic rings. The number of aliphatic hydroxyl groups excluding tert-OH is 1. The van der Waals surface area contributed by atoms with Crippen LogP contribution < -0.4 is 0 Å². The lowest BCUT2D eigenvalue weighted by Crippen LogP contribution is -2.41. The van der Waals surface area contributed by atoms with E-state index >= 15 is 0 Å². The largest absolute Gasteiger partial charge is 0.478 e. The molecule has 0 aromatic carbocycles. The van der Waals surface area contributed by atoms with Crippen molar-refractivity contribution in [3.8, 4) is 0 Å². The molecule has 1 heterocycles. The fourth-order valence-electron chi connectivity index (χ4n) is 1.90. The van der Waals surface area contributed by atoms with Crippen molar-refractivity contribution in [2.75, 3.05) is 13.2 Å². The highest BCUT2D eigenvalue weighted by molar-refractivity contribution is 5.94. The molecule has 1 fully saturated rings. The average molecular weight is 227 g/mol. The lowest BCUT2D eigenvalue weighted by molar-refractivity contribution is -0.133. The van der Waals surface area contributed by atoms with Crippen LogP contribution in [-0.4, -0.2) is 46.2 Å². The van der Waals surface area contributed by atoms with Gasteiger partial charge >= 0.3 is 5.97 Å². The molecule has 0 bridgehead atoms. The zero-order valence-electron chi connectivity index (χ0n) is 9.13. The van der Waals surface area contributed by atoms with Crippen LogP contribution in [0.5, 0.6) is 0 Å². The topological polar surface area (TPSA) is 77.8 Å². The van der Waals surface area contributed by atoms with Gasteiger partial charge in [0.1, 0.15) is 0 Å². The van der Waals surface area contributed by atoms with Gasteiger partial charge in [-0.1, -0.05) is 12.8 Å². The van der Waals surface area contributed by atoms with E-state index in [0.29, 0.717) is 6.54 Å². The van der Waals surface area contributed by atoms with Crippen LogP contribution in [0.15, 0.2) is 12.2 Å². The van der Waals surface area contributed by atoms with Crippen molar-refractivity contribution in [2.45, 2.75) is 31.7 Å². The zero-order chi connectivity index (χ0) is 12.0. The van der Waals surface area contributed by atoms with E-state index in [4.69, 9.17) is 5.11 Å². The van der Waals surface area contributed by atoms with Crippen molar-refractivity contribution in [3.05, 3.63) is 12.2 Å². The van der Waals surface area contributed by atoms with E-state index in [1.165, 1.54) is 0 Å². The van der Waals surface area contributed by atoms with Gasteiger partial charge in [0.25, 0.3) is 0 Å². The third-order valence-corrected chi connectivity index (χ3v) is 2.74. The summed E-state index contributed by atoms with van der Waals surface area (Å²) in [6, 6.07) is -0.173. The predicted molar refractivity (Wildman–Crippen MR) is 57.8 cm³/mol. The number of carbonyl (C=O) groups excluding carboxylic acids is 1. The molecule has 0 spiro atoms. The van der Waals surface area contributed by atoms with Gasteiger partial charge in [0.05, 0.1) is 12.6 Å². The number of aliphatic hydroxyl groups is 1. The van der Waals surface area contributed by atoms with Crippen molar-refractivity contribution in [3.63, 3.8) is 0 Å². The summed E-state index contributed by atoms with van der Waals surface area (Å²) in [7, 11) is 0. The van der Waals surface area contributed by atoms with Crippen molar-refractivity contribution in [1.82, 2.24) is 4.90 Å². The fraction of sp³-hybridized carbons (Fsp3) is 0.636. The maximum Gasteiger partial charge on any atom is 0.328 e. The molecule has 0 aliphatic carbocycles. The van der Waals surface area contributed by atoms with Gasteiger partial charge < -0.3 is 15.1 Å². The Balaban J connectivity index is 2.66. The van der Waals surface area contributed by atoms with Crippen LogP contribution in [0.3, 0.4) is 0 Å². The lowest BCUT2D eigenvalue weighted by Gasteiger charge is -2.27. The molecule has 1 aliphatic heterocycles. The van der Waals surface area contributed by atoms with Gasteiger partial charge in [-0.2, -0.15) is 0 Å². The summed E-state index contributed by atoms with van der Waals surface area (Å²) in [5.41, 5.74) is 0. The first-order valence-corrected chi connectivity index (χ1v) is 5.47. The SMILES string of the molecule is O=C(O)/C=C/C(=O)N1CCCCCC1CO. The highest BCUT2D eigenvalue weighted by Crippen LogP contribution is 2.16. The number of carboxylic acid groups (broad SMARTS) is 1. The molecule has 5 nitrogen and oxygen atoms in total. The molecule has 1 unspecified atom stereocenters. The Morgan fingerprint density at radius 3 is 2.62 bits per heavy atom. The second kappa shape index (κ2) is 6.27. The summed E-state index contributed by atoms with van der Waals surface area (Å²) in [5, 5.41) is 17.6. The number of aliphatic carboxylic acids is 1. The number of hydrogen-bond donors (Lipinski definition) is 2. The quantitative estimate of drug-likeness (QED) is 0.684. The molecular weight excluding hydrogens is 210 g/mol. The van der Waals surface area contributed by atoms with E-state index in [9.17, 15) is 14.7 Å². The van der Waals surface area contributed by atoms with E-state index < -0.39 is 5.97 Å². The van der Waals surface area contributed by atoms with Crippen molar-refractivity contribution >= 4 is 11.9 Å². The Morgan fingerprint density at radius 1 is 1.25 bits per heavy atom. The van der Waals surface area contributed by atoms with Crippen LogP contribution in [0.2, 0.25) is 0 Å². The van der Waals surface area contributed by atoms with Crippen LogP contribution in [0, 0.1) is 0 Å². The smallest absolute Gasteiger partial charge is 0.328 e. The molecule has 90 valence electrons. The summed E-state index contributed by atoms with van der Waals surface area (Å²) in [6.07, 6.45) is 5.62. The van der Waals surface area contributed by atoms with Crippen molar-refractivity contribution in [2.24, 2.45) is 0 Å². The molecule has 16 heavy (non-hydrogen) atoms. The minimum atomic E-state index is -1.14. The molecule has 1 amide bonds.